The van der Waals surface area contributed by atoms with E-state index >= 15 is 0 Å². The number of aromatic hydroxyl groups is 1. The maximum atomic E-state index is 11.4. The van der Waals surface area contributed by atoms with Crippen molar-refractivity contribution in [2.45, 2.75) is 0 Å². The molecule has 0 radical (unpaired) electrons. The van der Waals surface area contributed by atoms with Crippen LogP contribution >= 0.6 is 0 Å². The smallest absolute Gasteiger partial charge is 0.264 e. The van der Waals surface area contributed by atoms with Crippen LogP contribution in [0.1, 0.15) is 10.4 Å². The van der Waals surface area contributed by atoms with Crippen molar-refractivity contribution >= 4 is 23.0 Å². The van der Waals surface area contributed by atoms with Gasteiger partial charge in [0.1, 0.15) is 22.3 Å². The van der Waals surface area contributed by atoms with Crippen molar-refractivity contribution < 1.29 is 9.90 Å². The number of nitrogens with one attached hydrogen (secondary N) is 1. The molecular formula is C8H8N4O3. The van der Waals surface area contributed by atoms with E-state index in [1.165, 1.54) is 4.68 Å². The minimum absolute atomic E-state index is 0.0723. The fraction of sp³-hybridized carbons (Fsp3) is 0.125. The van der Waals surface area contributed by atoms with Gasteiger partial charge in [0.05, 0.1) is 0 Å². The van der Waals surface area contributed by atoms with Crippen molar-refractivity contribution in [1.82, 2.24) is 14.8 Å². The fourth-order valence-electron chi connectivity index (χ4n) is 1.41. The Morgan fingerprint density at radius 2 is 2.27 bits per heavy atom. The quantitative estimate of drug-likeness (QED) is 0.539. The number of fused-ring (bicyclic) bond motifs is 1. The van der Waals surface area contributed by atoms with Gasteiger partial charge in [-0.2, -0.15) is 5.10 Å². The topological polar surface area (TPSA) is 114 Å². The van der Waals surface area contributed by atoms with Crippen molar-refractivity contribution in [3.8, 4) is 5.88 Å². The first-order valence-corrected chi connectivity index (χ1v) is 4.09. The predicted octanol–water partition coefficient (Wildman–Crippen LogP) is -0.638. The molecule has 0 saturated carbocycles. The number of aromatic amines is 1. The predicted molar refractivity (Wildman–Crippen MR) is 52.8 cm³/mol. The van der Waals surface area contributed by atoms with Crippen molar-refractivity contribution in [1.29, 1.82) is 0 Å². The van der Waals surface area contributed by atoms with Crippen LogP contribution in [0.4, 0.5) is 5.82 Å². The number of anilines is 1. The Bertz CT molecular complexity index is 610. The van der Waals surface area contributed by atoms with E-state index in [0.717, 1.165) is 0 Å². The average Bonchev–Trinajstić information content (AvgIpc) is 2.44. The summed E-state index contributed by atoms with van der Waals surface area (Å²) in [5.41, 5.74) is 5.06. The summed E-state index contributed by atoms with van der Waals surface area (Å²) in [6.45, 7) is 0. The van der Waals surface area contributed by atoms with E-state index in [2.05, 4.69) is 10.1 Å². The molecule has 0 aliphatic rings. The third kappa shape index (κ3) is 1.09. The number of carbonyl (C=O) groups is 1. The van der Waals surface area contributed by atoms with E-state index in [4.69, 9.17) is 5.73 Å². The van der Waals surface area contributed by atoms with Crippen LogP contribution in [0.2, 0.25) is 0 Å². The van der Waals surface area contributed by atoms with Crippen LogP contribution in [0.5, 0.6) is 5.88 Å². The highest BCUT2D eigenvalue weighted by Gasteiger charge is 2.17. The number of pyridine rings is 1. The van der Waals surface area contributed by atoms with Crippen molar-refractivity contribution in [2.24, 2.45) is 7.05 Å². The maximum absolute atomic E-state index is 11.4. The highest BCUT2D eigenvalue weighted by molar-refractivity contribution is 6.01. The zero-order chi connectivity index (χ0) is 11.2. The van der Waals surface area contributed by atoms with Gasteiger partial charge in [0, 0.05) is 7.05 Å². The van der Waals surface area contributed by atoms with E-state index in [-0.39, 0.29) is 22.3 Å². The highest BCUT2D eigenvalue weighted by atomic mass is 16.3. The first kappa shape index (κ1) is 9.25. The van der Waals surface area contributed by atoms with Gasteiger partial charge in [-0.25, -0.2) is 0 Å². The first-order valence-electron chi connectivity index (χ1n) is 4.09. The summed E-state index contributed by atoms with van der Waals surface area (Å²) in [6.07, 6.45) is 0.417. The van der Waals surface area contributed by atoms with Gasteiger partial charge in [0.25, 0.3) is 5.56 Å². The summed E-state index contributed by atoms with van der Waals surface area (Å²) in [7, 11) is 1.54. The molecule has 0 spiro atoms. The van der Waals surface area contributed by atoms with Gasteiger partial charge in [0.15, 0.2) is 6.29 Å². The number of rotatable bonds is 1. The van der Waals surface area contributed by atoms with Gasteiger partial charge in [-0.05, 0) is 0 Å². The normalized spacial score (nSPS) is 10.7. The largest absolute Gasteiger partial charge is 0.494 e. The summed E-state index contributed by atoms with van der Waals surface area (Å²) < 4.78 is 1.27. The van der Waals surface area contributed by atoms with E-state index in [9.17, 15) is 14.7 Å². The SMILES string of the molecule is Cn1nc2c(C=O)c(O)[nH]c(=O)c2c1N. The Labute approximate surface area is 83.1 Å². The molecule has 0 amide bonds. The zero-order valence-electron chi connectivity index (χ0n) is 7.81. The summed E-state index contributed by atoms with van der Waals surface area (Å²) in [5.74, 6) is -0.352. The molecule has 0 aliphatic heterocycles. The maximum Gasteiger partial charge on any atom is 0.264 e. The van der Waals surface area contributed by atoms with Crippen LogP contribution in [0.25, 0.3) is 10.9 Å². The van der Waals surface area contributed by atoms with Crippen LogP contribution in [0.3, 0.4) is 0 Å². The lowest BCUT2D eigenvalue weighted by atomic mass is 10.2. The fourth-order valence-corrected chi connectivity index (χ4v) is 1.41. The molecule has 0 aliphatic carbocycles. The van der Waals surface area contributed by atoms with Crippen LogP contribution in [-0.4, -0.2) is 26.2 Å². The second-order valence-electron chi connectivity index (χ2n) is 3.07. The number of nitrogens with two attached hydrogens (primary N) is 1. The molecule has 2 aromatic rings. The third-order valence-electron chi connectivity index (χ3n) is 2.18. The lowest BCUT2D eigenvalue weighted by Crippen LogP contribution is -2.08. The number of aldehydes is 1. The van der Waals surface area contributed by atoms with Gasteiger partial charge in [0.2, 0.25) is 5.88 Å². The number of carbonyl (C=O) groups excluding carboxylic acids is 1. The summed E-state index contributed by atoms with van der Waals surface area (Å²) in [4.78, 5) is 24.3. The second-order valence-corrected chi connectivity index (χ2v) is 3.07. The number of hydrogen-bond acceptors (Lipinski definition) is 5. The minimum Gasteiger partial charge on any atom is -0.494 e. The standard InChI is InChI=1S/C8H8N4O3/c1-12-6(9)4-5(11-12)3(2-13)7(14)10-8(4)15/h2,14H,9H2,1H3,(H,10,15). The first-order chi connectivity index (χ1) is 7.06. The average molecular weight is 208 g/mol. The molecule has 2 rings (SSSR count). The Morgan fingerprint density at radius 3 is 2.87 bits per heavy atom. The zero-order valence-corrected chi connectivity index (χ0v) is 7.81. The molecule has 0 atom stereocenters. The molecule has 2 heterocycles. The Kier molecular flexibility index (Phi) is 1.75. The highest BCUT2D eigenvalue weighted by Crippen LogP contribution is 2.22. The molecular weight excluding hydrogens is 200 g/mol. The summed E-state index contributed by atoms with van der Waals surface area (Å²) in [5, 5.41) is 13.3. The number of H-pyrrole nitrogens is 1. The van der Waals surface area contributed by atoms with Gasteiger partial charge in [-0.15, -0.1) is 0 Å². The molecule has 0 aromatic carbocycles. The van der Waals surface area contributed by atoms with Crippen LogP contribution in [0, 0.1) is 0 Å². The van der Waals surface area contributed by atoms with E-state index in [0.29, 0.717) is 6.29 Å². The molecule has 78 valence electrons. The number of hydrogen-bond donors (Lipinski definition) is 3. The third-order valence-corrected chi connectivity index (χ3v) is 2.18. The molecule has 15 heavy (non-hydrogen) atoms. The van der Waals surface area contributed by atoms with Crippen LogP contribution in [-0.2, 0) is 7.05 Å². The van der Waals surface area contributed by atoms with Gasteiger partial charge in [-0.3, -0.25) is 19.3 Å². The lowest BCUT2D eigenvalue weighted by Gasteiger charge is -1.96. The van der Waals surface area contributed by atoms with Gasteiger partial charge in [-0.1, -0.05) is 0 Å². The molecule has 0 bridgehead atoms. The Hall–Kier alpha value is -2.31. The number of aromatic nitrogens is 3. The van der Waals surface area contributed by atoms with Crippen molar-refractivity contribution in [2.75, 3.05) is 5.73 Å². The number of aryl methyl sites for hydroxylation is 1. The van der Waals surface area contributed by atoms with E-state index in [1.54, 1.807) is 7.05 Å². The molecule has 2 aromatic heterocycles. The lowest BCUT2D eigenvalue weighted by molar-refractivity contribution is 0.112. The molecule has 7 nitrogen and oxygen atoms in total. The molecule has 7 heteroatoms. The molecule has 4 N–H and O–H groups in total. The Morgan fingerprint density at radius 1 is 1.60 bits per heavy atom. The van der Waals surface area contributed by atoms with Gasteiger partial charge >= 0.3 is 0 Å². The van der Waals surface area contributed by atoms with Crippen molar-refractivity contribution in [3.63, 3.8) is 0 Å². The minimum atomic E-state index is -0.571. The van der Waals surface area contributed by atoms with Crippen LogP contribution < -0.4 is 11.3 Å². The second kappa shape index (κ2) is 2.84. The summed E-state index contributed by atoms with van der Waals surface area (Å²) >= 11 is 0. The van der Waals surface area contributed by atoms with Crippen LogP contribution in [0.15, 0.2) is 4.79 Å². The van der Waals surface area contributed by atoms with Crippen molar-refractivity contribution in [3.05, 3.63) is 15.9 Å². The molecule has 0 saturated heterocycles. The number of nitrogen functional groups attached to an aromatic ring is 1. The molecule has 0 unspecified atom stereocenters. The summed E-state index contributed by atoms with van der Waals surface area (Å²) in [6, 6.07) is 0. The van der Waals surface area contributed by atoms with E-state index < -0.39 is 11.4 Å². The molecule has 0 fully saturated rings. The monoisotopic (exact) mass is 208 g/mol. The van der Waals surface area contributed by atoms with Gasteiger partial charge < -0.3 is 10.8 Å². The Balaban J connectivity index is 3.10. The van der Waals surface area contributed by atoms with E-state index in [1.807, 2.05) is 0 Å². The number of nitrogens with zero attached hydrogens (tertiary/aromatic N) is 2.